The molecule has 0 amide bonds. The summed E-state index contributed by atoms with van der Waals surface area (Å²) in [5.41, 5.74) is 4.77. The SMILES string of the molecule is COC(=O)CCc1ccc(OC2CCCCC2)c(-c2ccc[c]3c2C[CH](C)[In]3[CH]=O)c1. The van der Waals surface area contributed by atoms with Gasteiger partial charge in [0.05, 0.1) is 0 Å². The molecule has 2 aromatic rings. The van der Waals surface area contributed by atoms with Crippen LogP contribution in [0.3, 0.4) is 0 Å². The van der Waals surface area contributed by atoms with Crippen molar-refractivity contribution in [1.29, 1.82) is 0 Å². The van der Waals surface area contributed by atoms with Gasteiger partial charge in [-0.3, -0.25) is 0 Å². The molecule has 0 spiro atoms. The Hall–Kier alpha value is -1.75. The van der Waals surface area contributed by atoms with Crippen molar-refractivity contribution in [3.63, 3.8) is 0 Å². The summed E-state index contributed by atoms with van der Waals surface area (Å²) in [6, 6.07) is 12.8. The maximum absolute atomic E-state index is 11.8. The minimum atomic E-state index is -2.37. The number of methoxy groups -OCH3 is 1. The van der Waals surface area contributed by atoms with Gasteiger partial charge in [-0.15, -0.1) is 0 Å². The summed E-state index contributed by atoms with van der Waals surface area (Å²) in [6.45, 7) is 2.24. The Bertz CT molecular complexity index is 948. The second-order valence-corrected chi connectivity index (χ2v) is 17.8. The molecule has 1 saturated carbocycles. The number of hydrogen-bond donors (Lipinski definition) is 0. The van der Waals surface area contributed by atoms with E-state index in [4.69, 9.17) is 9.47 Å². The average molecular weight is 522 g/mol. The molecule has 0 saturated heterocycles. The van der Waals surface area contributed by atoms with Crippen LogP contribution >= 0.6 is 0 Å². The van der Waals surface area contributed by atoms with Crippen molar-refractivity contribution in [2.75, 3.05) is 7.11 Å². The van der Waals surface area contributed by atoms with Crippen molar-refractivity contribution < 1.29 is 19.1 Å². The van der Waals surface area contributed by atoms with E-state index in [1.54, 1.807) is 0 Å². The molecule has 31 heavy (non-hydrogen) atoms. The van der Waals surface area contributed by atoms with Crippen molar-refractivity contribution in [2.24, 2.45) is 0 Å². The molecule has 1 atom stereocenters. The Balaban J connectivity index is 1.72. The van der Waals surface area contributed by atoms with Gasteiger partial charge in [0.25, 0.3) is 0 Å². The molecule has 2 aliphatic rings. The van der Waals surface area contributed by atoms with Crippen LogP contribution in [0.5, 0.6) is 5.75 Å². The summed E-state index contributed by atoms with van der Waals surface area (Å²) in [5, 5.41) is 0. The fourth-order valence-corrected chi connectivity index (χ4v) is 12.3. The zero-order chi connectivity index (χ0) is 21.8. The van der Waals surface area contributed by atoms with Gasteiger partial charge < -0.3 is 0 Å². The molecule has 0 N–H and O–H groups in total. The van der Waals surface area contributed by atoms with Crippen molar-refractivity contribution in [1.82, 2.24) is 0 Å². The number of aryl methyl sites for hydroxylation is 1. The van der Waals surface area contributed by atoms with E-state index in [0.717, 1.165) is 36.1 Å². The second-order valence-electron chi connectivity index (χ2n) is 9.00. The third-order valence-corrected chi connectivity index (χ3v) is 15.5. The van der Waals surface area contributed by atoms with Gasteiger partial charge in [-0.25, -0.2) is 0 Å². The molecule has 4 rings (SSSR count). The van der Waals surface area contributed by atoms with Crippen molar-refractivity contribution in [3.8, 4) is 16.9 Å². The average Bonchev–Trinajstić information content (AvgIpc) is 3.13. The first-order chi connectivity index (χ1) is 15.1. The van der Waals surface area contributed by atoms with Gasteiger partial charge in [-0.05, 0) is 0 Å². The topological polar surface area (TPSA) is 52.6 Å². The molecule has 1 unspecified atom stereocenters. The van der Waals surface area contributed by atoms with E-state index in [1.165, 1.54) is 44.9 Å². The van der Waals surface area contributed by atoms with E-state index < -0.39 is 21.4 Å². The Labute approximate surface area is 192 Å². The van der Waals surface area contributed by atoms with Crippen LogP contribution in [0.2, 0.25) is 3.67 Å². The number of fused-ring (bicyclic) bond motifs is 1. The number of ether oxygens (including phenoxy) is 2. The Morgan fingerprint density at radius 2 is 1.94 bits per heavy atom. The van der Waals surface area contributed by atoms with Gasteiger partial charge in [-0.2, -0.15) is 0 Å². The molecule has 4 nitrogen and oxygen atoms in total. The Morgan fingerprint density at radius 3 is 2.68 bits per heavy atom. The number of carbonyl (C=O) groups excluding carboxylic acids is 2. The van der Waals surface area contributed by atoms with Gasteiger partial charge >= 0.3 is 193 Å². The third-order valence-electron chi connectivity index (χ3n) is 6.88. The van der Waals surface area contributed by atoms with E-state index in [-0.39, 0.29) is 12.1 Å². The number of carbonyl (C=O) groups is 2. The number of benzene rings is 2. The van der Waals surface area contributed by atoms with E-state index in [9.17, 15) is 9.59 Å². The van der Waals surface area contributed by atoms with Crippen molar-refractivity contribution in [2.45, 2.75) is 68.1 Å². The maximum atomic E-state index is 11.8. The number of rotatable bonds is 7. The molecule has 2 aromatic carbocycles. The zero-order valence-electron chi connectivity index (χ0n) is 18.6. The first-order valence-electron chi connectivity index (χ1n) is 11.5. The fourth-order valence-electron chi connectivity index (χ4n) is 5.12. The summed E-state index contributed by atoms with van der Waals surface area (Å²) >= 11 is -2.37. The van der Waals surface area contributed by atoms with Crippen LogP contribution < -0.4 is 8.06 Å². The van der Waals surface area contributed by atoms with E-state index in [1.807, 2.05) is 0 Å². The first kappa shape index (κ1) is 22.4. The van der Waals surface area contributed by atoms with E-state index in [0.29, 0.717) is 16.5 Å². The van der Waals surface area contributed by atoms with Crippen LogP contribution in [0.15, 0.2) is 36.4 Å². The van der Waals surface area contributed by atoms with Gasteiger partial charge in [0.15, 0.2) is 0 Å². The van der Waals surface area contributed by atoms with Crippen LogP contribution in [0.1, 0.15) is 56.6 Å². The predicted octanol–water partition coefficient (Wildman–Crippen LogP) is 4.59. The van der Waals surface area contributed by atoms with Gasteiger partial charge in [-0.1, -0.05) is 0 Å². The zero-order valence-corrected chi connectivity index (χ0v) is 21.9. The molecule has 1 fully saturated rings. The normalized spacial score (nSPS) is 18.5. The van der Waals surface area contributed by atoms with Crippen LogP contribution in [0, 0.1) is 0 Å². The van der Waals surface area contributed by atoms with Crippen LogP contribution in [0.4, 0.5) is 0 Å². The summed E-state index contributed by atoms with van der Waals surface area (Å²) in [4.78, 5) is 23.5. The van der Waals surface area contributed by atoms with Crippen LogP contribution in [0.25, 0.3) is 11.1 Å². The van der Waals surface area contributed by atoms with Gasteiger partial charge in [0.2, 0.25) is 0 Å². The number of esters is 1. The molecule has 1 aliphatic heterocycles. The van der Waals surface area contributed by atoms with Crippen LogP contribution in [-0.2, 0) is 27.2 Å². The summed E-state index contributed by atoms with van der Waals surface area (Å²) in [6.07, 6.45) is 8.23. The molecule has 0 aromatic heterocycles. The standard InChI is InChI=1S/C25H30O3.CHO.In/c1-3-9-20-10-7-8-13-22(20)23-18-19(15-17-25(26)27-2)14-16-24(23)28-21-11-5-4-6-12-21;1-2;/h3,7-8,13-14,16,18,21H,4-6,9,11-12,15,17H2,1-2H3;1H;. The fraction of sp³-hybridized carbons (Fsp3) is 0.462. The predicted molar refractivity (Wildman–Crippen MR) is 125 cm³/mol. The Kier molecular flexibility index (Phi) is 7.42. The number of hydrogen-bond acceptors (Lipinski definition) is 4. The van der Waals surface area contributed by atoms with Gasteiger partial charge in [0.1, 0.15) is 0 Å². The molecular formula is C26H31InO4. The van der Waals surface area contributed by atoms with Gasteiger partial charge in [0, 0.05) is 0 Å². The molecule has 162 valence electrons. The summed E-state index contributed by atoms with van der Waals surface area (Å²) in [5.74, 6) is 0.737. The van der Waals surface area contributed by atoms with Crippen LogP contribution in [-0.4, -0.2) is 44.7 Å². The molecule has 1 heterocycles. The third kappa shape index (κ3) is 5.02. The molecule has 0 bridgehead atoms. The van der Waals surface area contributed by atoms with Crippen molar-refractivity contribution in [3.05, 3.63) is 47.5 Å². The summed E-state index contributed by atoms with van der Waals surface area (Å²) in [7, 11) is 1.43. The minimum absolute atomic E-state index is 0.193. The Morgan fingerprint density at radius 1 is 1.13 bits per heavy atom. The summed E-state index contributed by atoms with van der Waals surface area (Å²) < 4.78 is 14.5. The second kappa shape index (κ2) is 10.2. The quantitative estimate of drug-likeness (QED) is 0.395. The molecular weight excluding hydrogens is 491 g/mol. The monoisotopic (exact) mass is 522 g/mol. The molecule has 0 radical (unpaired) electrons. The first-order valence-corrected chi connectivity index (χ1v) is 17.0. The van der Waals surface area contributed by atoms with Crippen molar-refractivity contribution >= 4 is 34.8 Å². The van der Waals surface area contributed by atoms with E-state index >= 15 is 0 Å². The van der Waals surface area contributed by atoms with E-state index in [2.05, 4.69) is 43.3 Å². The molecule has 5 heteroatoms. The molecule has 1 aliphatic carbocycles.